The van der Waals surface area contributed by atoms with Crippen LogP contribution in [0, 0.1) is 0 Å². The Morgan fingerprint density at radius 2 is 1.70 bits per heavy atom. The van der Waals surface area contributed by atoms with E-state index in [0.29, 0.717) is 13.1 Å². The van der Waals surface area contributed by atoms with Gasteiger partial charge < -0.3 is 15.0 Å². The summed E-state index contributed by atoms with van der Waals surface area (Å²) in [6, 6.07) is 7.42. The van der Waals surface area contributed by atoms with Gasteiger partial charge in [0, 0.05) is 37.2 Å². The number of alkyl carbamates (subject to hydrolysis) is 1. The molecule has 1 unspecified atom stereocenters. The molecule has 2 rings (SSSR count). The second kappa shape index (κ2) is 8.93. The molecule has 1 aliphatic heterocycles. The van der Waals surface area contributed by atoms with Gasteiger partial charge in [-0.3, -0.25) is 9.69 Å². The highest BCUT2D eigenvalue weighted by atomic mass is 35.5. The molecule has 150 valence electrons. The predicted molar refractivity (Wildman–Crippen MR) is 107 cm³/mol. The van der Waals surface area contributed by atoms with Crippen molar-refractivity contribution in [2.75, 3.05) is 26.2 Å². The molecular weight excluding hydrogens is 366 g/mol. The van der Waals surface area contributed by atoms with Gasteiger partial charge in [-0.15, -0.1) is 0 Å². The van der Waals surface area contributed by atoms with Crippen molar-refractivity contribution in [2.45, 2.75) is 52.3 Å². The van der Waals surface area contributed by atoms with Gasteiger partial charge in [-0.25, -0.2) is 4.79 Å². The molecule has 1 aliphatic rings. The van der Waals surface area contributed by atoms with E-state index in [-0.39, 0.29) is 11.9 Å². The molecule has 0 bridgehead atoms. The van der Waals surface area contributed by atoms with E-state index in [1.54, 1.807) is 32.6 Å². The maximum Gasteiger partial charge on any atom is 0.408 e. The molecule has 7 heteroatoms. The van der Waals surface area contributed by atoms with Crippen molar-refractivity contribution >= 4 is 23.6 Å². The number of nitrogens with one attached hydrogen (secondary N) is 1. The lowest BCUT2D eigenvalue weighted by Crippen LogP contribution is -2.54. The standard InChI is InChI=1S/C20H30ClN3O3/c1-14(22-19(26)27-20(3,4)5)18(25)24-12-10-23(11-13-24)15(2)16-8-6-7-9-17(16)21/h6-9,14-15H,10-13H2,1-5H3,(H,22,26)/t14-,15?/m1/s1. The molecule has 1 aromatic carbocycles. The average molecular weight is 396 g/mol. The SMILES string of the molecule is CC(c1ccccc1Cl)N1CCN(C(=O)[C@@H](C)NC(=O)OC(C)(C)C)CC1. The highest BCUT2D eigenvalue weighted by Crippen LogP contribution is 2.27. The molecular formula is C20H30ClN3O3. The van der Waals surface area contributed by atoms with Crippen molar-refractivity contribution in [3.63, 3.8) is 0 Å². The lowest BCUT2D eigenvalue weighted by molar-refractivity contribution is -0.135. The molecule has 0 aromatic heterocycles. The third kappa shape index (κ3) is 6.11. The largest absolute Gasteiger partial charge is 0.444 e. The average Bonchev–Trinajstić information content (AvgIpc) is 2.59. The number of rotatable bonds is 4. The number of nitrogens with zero attached hydrogens (tertiary/aromatic N) is 2. The zero-order valence-corrected chi connectivity index (χ0v) is 17.5. The first-order valence-corrected chi connectivity index (χ1v) is 9.73. The summed E-state index contributed by atoms with van der Waals surface area (Å²) in [5.74, 6) is -0.0918. The molecule has 2 atom stereocenters. The van der Waals surface area contributed by atoms with E-state index in [1.807, 2.05) is 24.3 Å². The summed E-state index contributed by atoms with van der Waals surface area (Å²) in [5.41, 5.74) is 0.506. The monoisotopic (exact) mass is 395 g/mol. The smallest absolute Gasteiger partial charge is 0.408 e. The van der Waals surface area contributed by atoms with Gasteiger partial charge in [-0.05, 0) is 46.2 Å². The van der Waals surface area contributed by atoms with Crippen molar-refractivity contribution in [1.29, 1.82) is 0 Å². The van der Waals surface area contributed by atoms with Gasteiger partial charge in [-0.1, -0.05) is 29.8 Å². The Kier molecular flexibility index (Phi) is 7.12. The third-order valence-corrected chi connectivity index (χ3v) is 4.98. The Morgan fingerprint density at radius 1 is 1.11 bits per heavy atom. The highest BCUT2D eigenvalue weighted by Gasteiger charge is 2.29. The Balaban J connectivity index is 1.86. The molecule has 2 amide bonds. The number of ether oxygens (including phenoxy) is 1. The van der Waals surface area contributed by atoms with Crippen molar-refractivity contribution < 1.29 is 14.3 Å². The van der Waals surface area contributed by atoms with Crippen LogP contribution in [0.1, 0.15) is 46.2 Å². The number of piperazine rings is 1. The van der Waals surface area contributed by atoms with Crippen LogP contribution in [0.2, 0.25) is 5.02 Å². The first-order chi connectivity index (χ1) is 12.6. The number of amides is 2. The Bertz CT molecular complexity index is 667. The summed E-state index contributed by atoms with van der Waals surface area (Å²) in [6.07, 6.45) is -0.575. The molecule has 0 radical (unpaired) electrons. The van der Waals surface area contributed by atoms with E-state index in [4.69, 9.17) is 16.3 Å². The molecule has 1 aromatic rings. The van der Waals surface area contributed by atoms with Crippen LogP contribution in [0.5, 0.6) is 0 Å². The van der Waals surface area contributed by atoms with Crippen molar-refractivity contribution in [3.05, 3.63) is 34.9 Å². The molecule has 1 fully saturated rings. The van der Waals surface area contributed by atoms with Gasteiger partial charge in [0.05, 0.1) is 0 Å². The van der Waals surface area contributed by atoms with Gasteiger partial charge in [0.25, 0.3) is 0 Å². The molecule has 1 N–H and O–H groups in total. The second-order valence-corrected chi connectivity index (χ2v) is 8.33. The lowest BCUT2D eigenvalue weighted by Gasteiger charge is -2.39. The number of carbonyl (C=O) groups excluding carboxylic acids is 2. The van der Waals surface area contributed by atoms with E-state index in [2.05, 4.69) is 17.1 Å². The fraction of sp³-hybridized carbons (Fsp3) is 0.600. The molecule has 0 spiro atoms. The predicted octanol–water partition coefficient (Wildman–Crippen LogP) is 3.46. The summed E-state index contributed by atoms with van der Waals surface area (Å²) < 4.78 is 5.21. The molecule has 1 heterocycles. The summed E-state index contributed by atoms with van der Waals surface area (Å²) in [7, 11) is 0. The maximum absolute atomic E-state index is 12.6. The zero-order valence-electron chi connectivity index (χ0n) is 16.8. The topological polar surface area (TPSA) is 61.9 Å². The Morgan fingerprint density at radius 3 is 2.26 bits per heavy atom. The maximum atomic E-state index is 12.6. The second-order valence-electron chi connectivity index (χ2n) is 7.93. The van der Waals surface area contributed by atoms with Gasteiger partial charge in [0.2, 0.25) is 5.91 Å². The van der Waals surface area contributed by atoms with Crippen LogP contribution in [0.15, 0.2) is 24.3 Å². The molecule has 0 saturated carbocycles. The molecule has 6 nitrogen and oxygen atoms in total. The third-order valence-electron chi connectivity index (χ3n) is 4.63. The van der Waals surface area contributed by atoms with Crippen LogP contribution in [0.3, 0.4) is 0 Å². The summed E-state index contributed by atoms with van der Waals surface area (Å²) in [6.45, 7) is 11.9. The molecule has 27 heavy (non-hydrogen) atoms. The van der Waals surface area contributed by atoms with Crippen molar-refractivity contribution in [2.24, 2.45) is 0 Å². The van der Waals surface area contributed by atoms with Crippen LogP contribution < -0.4 is 5.32 Å². The van der Waals surface area contributed by atoms with E-state index < -0.39 is 17.7 Å². The minimum Gasteiger partial charge on any atom is -0.444 e. The number of hydrogen-bond donors (Lipinski definition) is 1. The van der Waals surface area contributed by atoms with Crippen LogP contribution in [-0.4, -0.2) is 59.6 Å². The molecule has 1 saturated heterocycles. The van der Waals surface area contributed by atoms with Crippen LogP contribution in [0.25, 0.3) is 0 Å². The first-order valence-electron chi connectivity index (χ1n) is 9.35. The number of halogens is 1. The number of hydrogen-bond acceptors (Lipinski definition) is 4. The van der Waals surface area contributed by atoms with Crippen molar-refractivity contribution in [1.82, 2.24) is 15.1 Å². The van der Waals surface area contributed by atoms with E-state index in [0.717, 1.165) is 23.7 Å². The van der Waals surface area contributed by atoms with E-state index in [1.165, 1.54) is 0 Å². The minimum absolute atomic E-state index is 0.0918. The van der Waals surface area contributed by atoms with E-state index in [9.17, 15) is 9.59 Å². The minimum atomic E-state index is -0.618. The number of benzene rings is 1. The zero-order chi connectivity index (χ0) is 20.2. The molecule has 0 aliphatic carbocycles. The fourth-order valence-corrected chi connectivity index (χ4v) is 3.45. The van der Waals surface area contributed by atoms with Crippen LogP contribution >= 0.6 is 11.6 Å². The quantitative estimate of drug-likeness (QED) is 0.848. The highest BCUT2D eigenvalue weighted by molar-refractivity contribution is 6.31. The lowest BCUT2D eigenvalue weighted by atomic mass is 10.1. The Labute approximate surface area is 166 Å². The summed E-state index contributed by atoms with van der Waals surface area (Å²) in [5, 5.41) is 3.38. The van der Waals surface area contributed by atoms with Gasteiger partial charge >= 0.3 is 6.09 Å². The normalized spacial score (nSPS) is 17.9. The fourth-order valence-electron chi connectivity index (χ4n) is 3.16. The Hall–Kier alpha value is -1.79. The van der Waals surface area contributed by atoms with Crippen LogP contribution in [0.4, 0.5) is 4.79 Å². The van der Waals surface area contributed by atoms with Gasteiger partial charge in [0.15, 0.2) is 0 Å². The van der Waals surface area contributed by atoms with Gasteiger partial charge in [-0.2, -0.15) is 0 Å². The van der Waals surface area contributed by atoms with Crippen LogP contribution in [-0.2, 0) is 9.53 Å². The summed E-state index contributed by atoms with van der Waals surface area (Å²) in [4.78, 5) is 28.6. The summed E-state index contributed by atoms with van der Waals surface area (Å²) >= 11 is 6.31. The van der Waals surface area contributed by atoms with Crippen molar-refractivity contribution in [3.8, 4) is 0 Å². The number of carbonyl (C=O) groups is 2. The van der Waals surface area contributed by atoms with Gasteiger partial charge in [0.1, 0.15) is 11.6 Å². The van der Waals surface area contributed by atoms with E-state index >= 15 is 0 Å². The first kappa shape index (κ1) is 21.5.